The van der Waals surface area contributed by atoms with Crippen LogP contribution < -0.4 is 20.5 Å². The van der Waals surface area contributed by atoms with Gasteiger partial charge in [-0.3, -0.25) is 4.99 Å². The van der Waals surface area contributed by atoms with Crippen molar-refractivity contribution in [2.75, 3.05) is 38.3 Å². The third-order valence-electron chi connectivity index (χ3n) is 3.77. The number of rotatable bonds is 4. The molecule has 0 spiro atoms. The van der Waals surface area contributed by atoms with Crippen LogP contribution in [0.3, 0.4) is 0 Å². The number of guanidine groups is 1. The zero-order valence-electron chi connectivity index (χ0n) is 13.7. The monoisotopic (exact) mass is 449 g/mol. The highest BCUT2D eigenvalue weighted by atomic mass is 127. The second-order valence-corrected chi connectivity index (χ2v) is 5.68. The first-order valence-electron chi connectivity index (χ1n) is 7.89. The summed E-state index contributed by atoms with van der Waals surface area (Å²) in [5.41, 5.74) is 6.74. The lowest BCUT2D eigenvalue weighted by Gasteiger charge is -2.20. The van der Waals surface area contributed by atoms with Crippen LogP contribution in [0.1, 0.15) is 19.8 Å². The number of hydrogen-bond acceptors (Lipinski definition) is 5. The van der Waals surface area contributed by atoms with Crippen LogP contribution >= 0.6 is 24.0 Å². The lowest BCUT2D eigenvalue weighted by Crippen LogP contribution is -2.28. The zero-order chi connectivity index (χ0) is 16.1. The summed E-state index contributed by atoms with van der Waals surface area (Å²) in [4.78, 5) is 4.31. The Morgan fingerprint density at radius 3 is 2.62 bits per heavy atom. The molecule has 2 heterocycles. The Bertz CT molecular complexity index is 576. The Morgan fingerprint density at radius 1 is 1.17 bits per heavy atom. The Hall–Kier alpha value is -1.26. The number of fused-ring (bicyclic) bond motifs is 1. The molecule has 7 nitrogen and oxygen atoms in total. The number of benzene rings is 1. The van der Waals surface area contributed by atoms with E-state index < -0.39 is 5.79 Å². The summed E-state index contributed by atoms with van der Waals surface area (Å²) in [6.45, 7) is 5.03. The fraction of sp³-hybridized carbons (Fsp3) is 0.562. The Morgan fingerprint density at radius 2 is 1.88 bits per heavy atom. The predicted molar refractivity (Wildman–Crippen MR) is 103 cm³/mol. The second kappa shape index (κ2) is 8.72. The number of ether oxygens (including phenoxy) is 4. The minimum absolute atomic E-state index is 0. The fourth-order valence-corrected chi connectivity index (χ4v) is 2.51. The Kier molecular flexibility index (Phi) is 6.93. The third kappa shape index (κ3) is 5.12. The lowest BCUT2D eigenvalue weighted by atomic mass is 10.2. The van der Waals surface area contributed by atoms with Crippen molar-refractivity contribution >= 4 is 35.6 Å². The number of nitrogens with zero attached hydrogens (tertiary/aromatic N) is 1. The summed E-state index contributed by atoms with van der Waals surface area (Å²) in [6, 6.07) is 5.63. The van der Waals surface area contributed by atoms with Crippen molar-refractivity contribution in [2.45, 2.75) is 25.6 Å². The van der Waals surface area contributed by atoms with Crippen LogP contribution in [-0.2, 0) is 9.47 Å². The van der Waals surface area contributed by atoms with Gasteiger partial charge in [0, 0.05) is 31.1 Å². The molecule has 1 aromatic carbocycles. The summed E-state index contributed by atoms with van der Waals surface area (Å²) in [5.74, 6) is 1.28. The van der Waals surface area contributed by atoms with Crippen molar-refractivity contribution in [1.29, 1.82) is 0 Å². The van der Waals surface area contributed by atoms with Gasteiger partial charge in [0.05, 0.1) is 26.4 Å². The number of hydrogen-bond donors (Lipinski definition) is 2. The molecule has 0 amide bonds. The zero-order valence-corrected chi connectivity index (χ0v) is 16.1. The Balaban J connectivity index is 0.00000208. The van der Waals surface area contributed by atoms with Crippen molar-refractivity contribution in [3.8, 4) is 11.5 Å². The number of aliphatic imine (C=N–C) groups is 1. The SMILES string of the molecule is CC1(CCN=C(N)Nc2ccc3c(c2)OCCCO3)OCCO1.I. The summed E-state index contributed by atoms with van der Waals surface area (Å²) >= 11 is 0. The van der Waals surface area contributed by atoms with Crippen LogP contribution in [0.25, 0.3) is 0 Å². The van der Waals surface area contributed by atoms with Crippen molar-refractivity contribution in [1.82, 2.24) is 0 Å². The van der Waals surface area contributed by atoms with E-state index in [0.717, 1.165) is 23.6 Å². The van der Waals surface area contributed by atoms with Gasteiger partial charge in [-0.25, -0.2) is 0 Å². The van der Waals surface area contributed by atoms with Gasteiger partial charge >= 0.3 is 0 Å². The number of nitrogens with one attached hydrogen (secondary N) is 1. The molecule has 0 atom stereocenters. The number of halogens is 1. The molecule has 0 radical (unpaired) electrons. The molecular formula is C16H24IN3O4. The van der Waals surface area contributed by atoms with Crippen molar-refractivity contribution < 1.29 is 18.9 Å². The van der Waals surface area contributed by atoms with Gasteiger partial charge in [-0.05, 0) is 19.1 Å². The number of anilines is 1. The largest absolute Gasteiger partial charge is 0.490 e. The van der Waals surface area contributed by atoms with Gasteiger partial charge in [0.1, 0.15) is 0 Å². The van der Waals surface area contributed by atoms with E-state index in [1.54, 1.807) is 0 Å². The minimum Gasteiger partial charge on any atom is -0.490 e. The van der Waals surface area contributed by atoms with Crippen molar-refractivity contribution in [3.05, 3.63) is 18.2 Å². The maximum Gasteiger partial charge on any atom is 0.193 e. The molecule has 1 saturated heterocycles. The van der Waals surface area contributed by atoms with Crippen LogP contribution in [0.15, 0.2) is 23.2 Å². The van der Waals surface area contributed by atoms with Gasteiger partial charge in [0.2, 0.25) is 0 Å². The molecule has 1 aromatic rings. The smallest absolute Gasteiger partial charge is 0.193 e. The normalized spacial score (nSPS) is 19.3. The van der Waals surface area contributed by atoms with Crippen LogP contribution in [-0.4, -0.2) is 44.7 Å². The maximum absolute atomic E-state index is 5.93. The van der Waals surface area contributed by atoms with E-state index in [9.17, 15) is 0 Å². The fourth-order valence-electron chi connectivity index (χ4n) is 2.51. The number of nitrogens with two attached hydrogens (primary N) is 1. The summed E-state index contributed by atoms with van der Waals surface area (Å²) in [6.07, 6.45) is 1.54. The van der Waals surface area contributed by atoms with Gasteiger partial charge in [0.15, 0.2) is 23.2 Å². The first kappa shape index (κ1) is 19.1. The van der Waals surface area contributed by atoms with Gasteiger partial charge in [0.25, 0.3) is 0 Å². The van der Waals surface area contributed by atoms with Crippen LogP contribution in [0.5, 0.6) is 11.5 Å². The molecule has 2 aliphatic heterocycles. The van der Waals surface area contributed by atoms with E-state index in [4.69, 9.17) is 24.7 Å². The molecule has 8 heteroatoms. The standard InChI is InChI=1S/C16H23N3O4.HI/c1-16(22-9-10-23-16)5-6-18-15(17)19-12-3-4-13-14(11-12)21-8-2-7-20-13;/h3-4,11H,2,5-10H2,1H3,(H3,17,18,19);1H. The highest BCUT2D eigenvalue weighted by Crippen LogP contribution is 2.32. The average molecular weight is 449 g/mol. The topological polar surface area (TPSA) is 87.3 Å². The molecule has 134 valence electrons. The molecule has 0 unspecified atom stereocenters. The molecule has 0 aliphatic carbocycles. The third-order valence-corrected chi connectivity index (χ3v) is 3.77. The molecular weight excluding hydrogens is 425 g/mol. The highest BCUT2D eigenvalue weighted by molar-refractivity contribution is 14.0. The first-order chi connectivity index (χ1) is 11.1. The molecule has 3 N–H and O–H groups in total. The summed E-state index contributed by atoms with van der Waals surface area (Å²) in [5, 5.41) is 3.06. The van der Waals surface area contributed by atoms with E-state index in [1.807, 2.05) is 25.1 Å². The molecule has 1 fully saturated rings. The molecule has 24 heavy (non-hydrogen) atoms. The molecule has 0 aromatic heterocycles. The predicted octanol–water partition coefficient (Wildman–Crippen LogP) is 2.35. The van der Waals surface area contributed by atoms with E-state index in [-0.39, 0.29) is 24.0 Å². The minimum atomic E-state index is -0.543. The first-order valence-corrected chi connectivity index (χ1v) is 7.89. The average Bonchev–Trinajstić information content (AvgIpc) is 2.82. The van der Waals surface area contributed by atoms with Gasteiger partial charge in [-0.2, -0.15) is 0 Å². The second-order valence-electron chi connectivity index (χ2n) is 5.68. The maximum atomic E-state index is 5.93. The quantitative estimate of drug-likeness (QED) is 0.417. The highest BCUT2D eigenvalue weighted by Gasteiger charge is 2.30. The van der Waals surface area contributed by atoms with Crippen molar-refractivity contribution in [2.24, 2.45) is 10.7 Å². The van der Waals surface area contributed by atoms with Crippen LogP contribution in [0.4, 0.5) is 5.69 Å². The lowest BCUT2D eigenvalue weighted by molar-refractivity contribution is -0.144. The summed E-state index contributed by atoms with van der Waals surface area (Å²) in [7, 11) is 0. The molecule has 2 aliphatic rings. The molecule has 0 saturated carbocycles. The van der Waals surface area contributed by atoms with Crippen molar-refractivity contribution in [3.63, 3.8) is 0 Å². The van der Waals surface area contributed by atoms with E-state index in [0.29, 0.717) is 45.4 Å². The Labute approximate surface area is 158 Å². The van der Waals surface area contributed by atoms with E-state index in [1.165, 1.54) is 0 Å². The molecule has 0 bridgehead atoms. The van der Waals surface area contributed by atoms with Gasteiger partial charge < -0.3 is 30.0 Å². The van der Waals surface area contributed by atoms with E-state index in [2.05, 4.69) is 10.3 Å². The van der Waals surface area contributed by atoms with E-state index >= 15 is 0 Å². The van der Waals surface area contributed by atoms with Gasteiger partial charge in [-0.1, -0.05) is 0 Å². The molecule has 3 rings (SSSR count). The van der Waals surface area contributed by atoms with Crippen LogP contribution in [0, 0.1) is 0 Å². The van der Waals surface area contributed by atoms with Gasteiger partial charge in [-0.15, -0.1) is 24.0 Å². The summed E-state index contributed by atoms with van der Waals surface area (Å²) < 4.78 is 22.3. The van der Waals surface area contributed by atoms with Crippen LogP contribution in [0.2, 0.25) is 0 Å².